The van der Waals surface area contributed by atoms with E-state index in [4.69, 9.17) is 18.5 Å². The first-order valence-electron chi connectivity index (χ1n) is 23.3. The van der Waals surface area contributed by atoms with Crippen LogP contribution in [0.4, 0.5) is 0 Å². The SMILES string of the molecule is CCCCCCCCCCCCCCCCCCCC(=O)OC[C@H](COP(=O)(O)OCC[N+](C)(C)C)OC(=O)CCCCCCCCCCCCCCCC. The van der Waals surface area contributed by atoms with Gasteiger partial charge in [-0.2, -0.15) is 0 Å². The number of esters is 2. The molecule has 2 atom stereocenters. The van der Waals surface area contributed by atoms with E-state index in [-0.39, 0.29) is 25.6 Å². The number of carbonyl (C=O) groups is 2. The molecule has 9 nitrogen and oxygen atoms in total. The van der Waals surface area contributed by atoms with Crippen molar-refractivity contribution in [3.63, 3.8) is 0 Å². The summed E-state index contributed by atoms with van der Waals surface area (Å²) in [6.07, 6.45) is 38.5. The second-order valence-corrected chi connectivity index (χ2v) is 18.6. The highest BCUT2D eigenvalue weighted by atomic mass is 31.2. The van der Waals surface area contributed by atoms with Crippen LogP contribution in [0.1, 0.15) is 226 Å². The van der Waals surface area contributed by atoms with Crippen LogP contribution in [0.15, 0.2) is 0 Å². The molecule has 0 aliphatic rings. The number of phosphoric acid groups is 1. The summed E-state index contributed by atoms with van der Waals surface area (Å²) in [6.45, 7) is 4.47. The van der Waals surface area contributed by atoms with E-state index in [1.54, 1.807) is 0 Å². The van der Waals surface area contributed by atoms with Gasteiger partial charge >= 0.3 is 19.8 Å². The Labute approximate surface area is 340 Å². The molecular weight excluding hydrogens is 713 g/mol. The Morgan fingerprint density at radius 1 is 0.491 bits per heavy atom. The Kier molecular flexibility index (Phi) is 37.8. The smallest absolute Gasteiger partial charge is 0.462 e. The number of unbranched alkanes of at least 4 members (excludes halogenated alkanes) is 29. The average molecular weight is 805 g/mol. The minimum atomic E-state index is -4.37. The molecule has 0 spiro atoms. The summed E-state index contributed by atoms with van der Waals surface area (Å²) in [7, 11) is 1.49. The number of phosphoric ester groups is 1. The van der Waals surface area contributed by atoms with Crippen LogP contribution in [-0.2, 0) is 32.7 Å². The Morgan fingerprint density at radius 2 is 0.818 bits per heavy atom. The maximum atomic E-state index is 12.7. The van der Waals surface area contributed by atoms with Gasteiger partial charge in [0.05, 0.1) is 27.7 Å². The van der Waals surface area contributed by atoms with E-state index in [9.17, 15) is 19.0 Å². The molecule has 55 heavy (non-hydrogen) atoms. The monoisotopic (exact) mass is 805 g/mol. The van der Waals surface area contributed by atoms with Gasteiger partial charge < -0.3 is 18.9 Å². The van der Waals surface area contributed by atoms with Crippen molar-refractivity contribution in [2.45, 2.75) is 232 Å². The van der Waals surface area contributed by atoms with Gasteiger partial charge in [0.2, 0.25) is 0 Å². The number of likely N-dealkylation sites (N-methyl/N-ethyl adjacent to an activating group) is 1. The molecule has 1 unspecified atom stereocenters. The minimum Gasteiger partial charge on any atom is -0.462 e. The third kappa shape index (κ3) is 42.4. The summed E-state index contributed by atoms with van der Waals surface area (Å²) in [5.74, 6) is -0.782. The van der Waals surface area contributed by atoms with Gasteiger partial charge in [-0.15, -0.1) is 0 Å². The van der Waals surface area contributed by atoms with Gasteiger partial charge in [0.25, 0.3) is 0 Å². The van der Waals surface area contributed by atoms with Crippen molar-refractivity contribution in [3.05, 3.63) is 0 Å². The number of hydrogen-bond acceptors (Lipinski definition) is 7. The minimum absolute atomic E-state index is 0.0369. The summed E-state index contributed by atoms with van der Waals surface area (Å²) in [4.78, 5) is 35.4. The highest BCUT2D eigenvalue weighted by Gasteiger charge is 2.27. The number of nitrogens with zero attached hydrogens (tertiary/aromatic N) is 1. The lowest BCUT2D eigenvalue weighted by atomic mass is 10.0. The maximum Gasteiger partial charge on any atom is 0.472 e. The first-order chi connectivity index (χ1) is 26.5. The topological polar surface area (TPSA) is 108 Å². The van der Waals surface area contributed by atoms with Crippen LogP contribution in [0.3, 0.4) is 0 Å². The molecular formula is C45H91NO8P+. The molecule has 0 aliphatic heterocycles. The highest BCUT2D eigenvalue weighted by molar-refractivity contribution is 7.47. The first-order valence-corrected chi connectivity index (χ1v) is 24.8. The third-order valence-corrected chi connectivity index (χ3v) is 11.4. The van der Waals surface area contributed by atoms with Crippen molar-refractivity contribution >= 4 is 19.8 Å². The average Bonchev–Trinajstić information content (AvgIpc) is 3.13. The molecule has 0 aromatic heterocycles. The summed E-state index contributed by atoms with van der Waals surface area (Å²) >= 11 is 0. The lowest BCUT2D eigenvalue weighted by Crippen LogP contribution is -2.37. The van der Waals surface area contributed by atoms with Crippen LogP contribution in [0.2, 0.25) is 0 Å². The summed E-state index contributed by atoms with van der Waals surface area (Å²) in [5, 5.41) is 0. The Bertz CT molecular complexity index is 912. The zero-order valence-corrected chi connectivity index (χ0v) is 37.8. The Morgan fingerprint density at radius 3 is 1.16 bits per heavy atom. The van der Waals surface area contributed by atoms with E-state index in [1.165, 1.54) is 161 Å². The molecule has 0 saturated heterocycles. The van der Waals surface area contributed by atoms with Crippen LogP contribution >= 0.6 is 7.82 Å². The lowest BCUT2D eigenvalue weighted by molar-refractivity contribution is -0.870. The largest absolute Gasteiger partial charge is 0.472 e. The molecule has 0 saturated carbocycles. The number of hydrogen-bond donors (Lipinski definition) is 1. The second-order valence-electron chi connectivity index (χ2n) is 17.2. The molecule has 0 heterocycles. The molecule has 0 aliphatic carbocycles. The van der Waals surface area contributed by atoms with Crippen molar-refractivity contribution in [2.24, 2.45) is 0 Å². The van der Waals surface area contributed by atoms with Crippen LogP contribution < -0.4 is 0 Å². The van der Waals surface area contributed by atoms with Gasteiger partial charge in [-0.3, -0.25) is 18.6 Å². The van der Waals surface area contributed by atoms with Crippen molar-refractivity contribution in [1.82, 2.24) is 0 Å². The predicted molar refractivity (Wildman–Crippen MR) is 229 cm³/mol. The fourth-order valence-corrected chi connectivity index (χ4v) is 7.46. The summed E-state index contributed by atoms with van der Waals surface area (Å²) in [6, 6.07) is 0. The highest BCUT2D eigenvalue weighted by Crippen LogP contribution is 2.43. The van der Waals surface area contributed by atoms with E-state index in [0.29, 0.717) is 17.4 Å². The Hall–Kier alpha value is -0.990. The maximum absolute atomic E-state index is 12.7. The van der Waals surface area contributed by atoms with Gasteiger partial charge in [0.15, 0.2) is 6.10 Å². The van der Waals surface area contributed by atoms with Crippen LogP contribution in [0.5, 0.6) is 0 Å². The number of ether oxygens (including phenoxy) is 2. The summed E-state index contributed by atoms with van der Waals surface area (Å²) < 4.78 is 34.4. The van der Waals surface area contributed by atoms with Crippen LogP contribution in [-0.4, -0.2) is 74.9 Å². The van der Waals surface area contributed by atoms with Crippen LogP contribution in [0, 0.1) is 0 Å². The number of quaternary nitrogens is 1. The quantitative estimate of drug-likeness (QED) is 0.0281. The molecule has 0 bridgehead atoms. The third-order valence-electron chi connectivity index (χ3n) is 10.4. The molecule has 0 rings (SSSR count). The van der Waals surface area contributed by atoms with Gasteiger partial charge in [-0.25, -0.2) is 4.57 Å². The molecule has 0 amide bonds. The van der Waals surface area contributed by atoms with Gasteiger partial charge in [-0.1, -0.05) is 200 Å². The van der Waals surface area contributed by atoms with E-state index >= 15 is 0 Å². The molecule has 0 radical (unpaired) electrons. The second kappa shape index (κ2) is 38.5. The van der Waals surface area contributed by atoms with Crippen molar-refractivity contribution in [1.29, 1.82) is 0 Å². The Balaban J connectivity index is 4.27. The normalized spacial score (nSPS) is 13.5. The number of carbonyl (C=O) groups excluding carboxylic acids is 2. The molecule has 0 fully saturated rings. The van der Waals surface area contributed by atoms with E-state index < -0.39 is 26.5 Å². The predicted octanol–water partition coefficient (Wildman–Crippen LogP) is 13.2. The zero-order chi connectivity index (χ0) is 40.7. The van der Waals surface area contributed by atoms with E-state index in [2.05, 4.69) is 13.8 Å². The fraction of sp³-hybridized carbons (Fsp3) is 0.956. The lowest BCUT2D eigenvalue weighted by Gasteiger charge is -2.24. The standard InChI is InChI=1S/C45H90NO8P/c1-6-8-10-12-14-16-18-20-22-23-24-26-27-29-31-33-35-37-44(47)51-41-43(42-53-55(49,50)52-40-39-46(3,4)5)54-45(48)38-36-34-32-30-28-25-21-19-17-15-13-11-9-7-2/h43H,6-42H2,1-5H3/p+1/t43-/m1/s1. The van der Waals surface area contributed by atoms with Gasteiger partial charge in [-0.05, 0) is 12.8 Å². The number of rotatable bonds is 43. The van der Waals surface area contributed by atoms with Crippen molar-refractivity contribution in [2.75, 3.05) is 47.5 Å². The van der Waals surface area contributed by atoms with Crippen molar-refractivity contribution < 1.29 is 42.1 Å². The fourth-order valence-electron chi connectivity index (χ4n) is 6.72. The molecule has 328 valence electrons. The van der Waals surface area contributed by atoms with Crippen molar-refractivity contribution in [3.8, 4) is 0 Å². The molecule has 0 aromatic carbocycles. The first kappa shape index (κ1) is 54.0. The van der Waals surface area contributed by atoms with E-state index in [1.807, 2.05) is 21.1 Å². The molecule has 0 aromatic rings. The van der Waals surface area contributed by atoms with Gasteiger partial charge in [0, 0.05) is 12.8 Å². The zero-order valence-electron chi connectivity index (χ0n) is 36.9. The molecule has 1 N–H and O–H groups in total. The van der Waals surface area contributed by atoms with Crippen LogP contribution in [0.25, 0.3) is 0 Å². The molecule has 10 heteroatoms. The van der Waals surface area contributed by atoms with E-state index in [0.717, 1.165) is 38.5 Å². The van der Waals surface area contributed by atoms with Gasteiger partial charge in [0.1, 0.15) is 19.8 Å². The summed E-state index contributed by atoms with van der Waals surface area (Å²) in [5.41, 5.74) is 0.